The average molecular weight is 182 g/mol. The Labute approximate surface area is 77.4 Å². The van der Waals surface area contributed by atoms with Crippen molar-refractivity contribution in [1.29, 1.82) is 0 Å². The molecule has 1 aliphatic heterocycles. The van der Waals surface area contributed by atoms with Gasteiger partial charge >= 0.3 is 11.9 Å². The van der Waals surface area contributed by atoms with Crippen LogP contribution in [0.1, 0.15) is 39.5 Å². The molecule has 1 saturated carbocycles. The molecule has 2 aliphatic rings. The van der Waals surface area contributed by atoms with Crippen molar-refractivity contribution >= 4 is 11.9 Å². The van der Waals surface area contributed by atoms with E-state index in [0.717, 1.165) is 19.3 Å². The highest BCUT2D eigenvalue weighted by molar-refractivity contribution is 6.14. The molecule has 0 amide bonds. The summed E-state index contributed by atoms with van der Waals surface area (Å²) < 4.78 is 4.49. The van der Waals surface area contributed by atoms with E-state index in [9.17, 15) is 9.59 Å². The Kier molecular flexibility index (Phi) is 1.57. The van der Waals surface area contributed by atoms with Crippen LogP contribution in [-0.2, 0) is 14.3 Å². The van der Waals surface area contributed by atoms with Crippen LogP contribution in [0.4, 0.5) is 0 Å². The van der Waals surface area contributed by atoms with Crippen molar-refractivity contribution < 1.29 is 14.3 Å². The van der Waals surface area contributed by atoms with E-state index >= 15 is 0 Å². The molecule has 0 unspecified atom stereocenters. The summed E-state index contributed by atoms with van der Waals surface area (Å²) in [6.45, 7) is 3.98. The third kappa shape index (κ3) is 0.847. The smallest absolute Gasteiger partial charge is 0.331 e. The van der Waals surface area contributed by atoms with Gasteiger partial charge in [0.15, 0.2) is 5.41 Å². The van der Waals surface area contributed by atoms with Crippen LogP contribution in [0.5, 0.6) is 0 Å². The summed E-state index contributed by atoms with van der Waals surface area (Å²) in [7, 11) is 0. The molecule has 0 radical (unpaired) electrons. The Morgan fingerprint density at radius 2 is 1.62 bits per heavy atom. The monoisotopic (exact) mass is 182 g/mol. The van der Waals surface area contributed by atoms with Gasteiger partial charge in [0.05, 0.1) is 0 Å². The lowest BCUT2D eigenvalue weighted by Gasteiger charge is -2.50. The fourth-order valence-corrected chi connectivity index (χ4v) is 2.56. The van der Waals surface area contributed by atoms with Crippen molar-refractivity contribution in [3.63, 3.8) is 0 Å². The highest BCUT2D eigenvalue weighted by atomic mass is 16.6. The average Bonchev–Trinajstić information content (AvgIpc) is 2.03. The van der Waals surface area contributed by atoms with Gasteiger partial charge in [0.25, 0.3) is 0 Å². The number of rotatable bonds is 0. The van der Waals surface area contributed by atoms with Gasteiger partial charge in [-0.15, -0.1) is 0 Å². The largest absolute Gasteiger partial charge is 0.391 e. The molecule has 0 aromatic carbocycles. The van der Waals surface area contributed by atoms with Crippen molar-refractivity contribution in [3.8, 4) is 0 Å². The van der Waals surface area contributed by atoms with Crippen molar-refractivity contribution in [2.24, 2.45) is 10.8 Å². The molecule has 72 valence electrons. The van der Waals surface area contributed by atoms with Crippen LogP contribution in [0.25, 0.3) is 0 Å². The molecule has 2 rings (SSSR count). The molecular weight excluding hydrogens is 168 g/mol. The van der Waals surface area contributed by atoms with E-state index in [4.69, 9.17) is 0 Å². The van der Waals surface area contributed by atoms with E-state index in [-0.39, 0.29) is 17.4 Å². The molecule has 0 aromatic rings. The first kappa shape index (κ1) is 8.73. The molecule has 13 heavy (non-hydrogen) atoms. The van der Waals surface area contributed by atoms with E-state index < -0.39 is 5.41 Å². The van der Waals surface area contributed by atoms with Gasteiger partial charge in [-0.05, 0) is 18.3 Å². The molecule has 0 atom stereocenters. The summed E-state index contributed by atoms with van der Waals surface area (Å²) in [4.78, 5) is 22.8. The first-order valence-corrected chi connectivity index (χ1v) is 4.77. The lowest BCUT2D eigenvalue weighted by Crippen LogP contribution is -2.62. The van der Waals surface area contributed by atoms with Crippen molar-refractivity contribution in [2.75, 3.05) is 0 Å². The predicted octanol–water partition coefficient (Wildman–Crippen LogP) is 1.66. The van der Waals surface area contributed by atoms with Crippen LogP contribution in [0, 0.1) is 10.8 Å². The number of carbonyl (C=O) groups excluding carboxylic acids is 2. The Morgan fingerprint density at radius 1 is 1.08 bits per heavy atom. The zero-order chi connectivity index (χ0) is 9.69. The quantitative estimate of drug-likeness (QED) is 0.422. The molecule has 0 aromatic heterocycles. The zero-order valence-electron chi connectivity index (χ0n) is 8.05. The second kappa shape index (κ2) is 2.34. The zero-order valence-corrected chi connectivity index (χ0v) is 8.05. The van der Waals surface area contributed by atoms with E-state index in [2.05, 4.69) is 4.74 Å². The molecule has 1 saturated heterocycles. The maximum absolute atomic E-state index is 11.4. The number of hydrogen-bond acceptors (Lipinski definition) is 3. The van der Waals surface area contributed by atoms with Crippen molar-refractivity contribution in [3.05, 3.63) is 0 Å². The molecule has 0 N–H and O–H groups in total. The highest BCUT2D eigenvalue weighted by Gasteiger charge is 2.67. The Hall–Kier alpha value is -0.860. The Balaban J connectivity index is 2.38. The molecule has 1 spiro atoms. The van der Waals surface area contributed by atoms with Crippen LogP contribution in [-0.4, -0.2) is 11.9 Å². The standard InChI is InChI=1S/C10H14O3/c1-9(2)5-3-4-6-10(9)7(11)13-8(10)12/h3-6H2,1-2H3. The summed E-state index contributed by atoms with van der Waals surface area (Å²) in [5.41, 5.74) is -0.997. The Morgan fingerprint density at radius 3 is 2.00 bits per heavy atom. The van der Waals surface area contributed by atoms with Crippen LogP contribution in [0.15, 0.2) is 0 Å². The summed E-state index contributed by atoms with van der Waals surface area (Å²) in [6.07, 6.45) is 3.69. The van der Waals surface area contributed by atoms with Crippen molar-refractivity contribution in [1.82, 2.24) is 0 Å². The lowest BCUT2D eigenvalue weighted by atomic mass is 9.56. The number of carbonyl (C=O) groups is 2. The first-order valence-electron chi connectivity index (χ1n) is 4.77. The van der Waals surface area contributed by atoms with Gasteiger partial charge in [0, 0.05) is 0 Å². The van der Waals surface area contributed by atoms with Gasteiger partial charge in [0.2, 0.25) is 0 Å². The molecule has 3 heteroatoms. The SMILES string of the molecule is CC1(C)CCCCC12C(=O)OC2=O. The second-order valence-corrected chi connectivity index (χ2v) is 4.67. The van der Waals surface area contributed by atoms with Crippen LogP contribution >= 0.6 is 0 Å². The van der Waals surface area contributed by atoms with E-state index in [1.807, 2.05) is 13.8 Å². The van der Waals surface area contributed by atoms with E-state index in [0.29, 0.717) is 6.42 Å². The molecule has 0 bridgehead atoms. The minimum atomic E-state index is -0.786. The normalized spacial score (nSPS) is 29.7. The van der Waals surface area contributed by atoms with Crippen LogP contribution < -0.4 is 0 Å². The summed E-state index contributed by atoms with van der Waals surface area (Å²) in [5, 5.41) is 0. The molecular formula is C10H14O3. The summed E-state index contributed by atoms with van der Waals surface area (Å²) in [6, 6.07) is 0. The highest BCUT2D eigenvalue weighted by Crippen LogP contribution is 2.55. The molecule has 2 fully saturated rings. The molecule has 1 aliphatic carbocycles. The van der Waals surface area contributed by atoms with Crippen LogP contribution in [0.3, 0.4) is 0 Å². The fraction of sp³-hybridized carbons (Fsp3) is 0.800. The van der Waals surface area contributed by atoms with Gasteiger partial charge in [-0.3, -0.25) is 9.59 Å². The number of hydrogen-bond donors (Lipinski definition) is 0. The topological polar surface area (TPSA) is 43.4 Å². The van der Waals surface area contributed by atoms with Gasteiger partial charge in [-0.25, -0.2) is 0 Å². The maximum Gasteiger partial charge on any atom is 0.331 e. The number of ether oxygens (including phenoxy) is 1. The minimum Gasteiger partial charge on any atom is -0.391 e. The first-order chi connectivity index (χ1) is 6.01. The number of cyclic esters (lactones) is 2. The minimum absolute atomic E-state index is 0.211. The van der Waals surface area contributed by atoms with Crippen molar-refractivity contribution in [2.45, 2.75) is 39.5 Å². The third-order valence-electron chi connectivity index (χ3n) is 3.64. The molecule has 1 heterocycles. The summed E-state index contributed by atoms with van der Waals surface area (Å²) >= 11 is 0. The van der Waals surface area contributed by atoms with Gasteiger partial charge in [0.1, 0.15) is 0 Å². The van der Waals surface area contributed by atoms with Gasteiger partial charge in [-0.2, -0.15) is 0 Å². The van der Waals surface area contributed by atoms with E-state index in [1.165, 1.54) is 0 Å². The predicted molar refractivity (Wildman–Crippen MR) is 45.8 cm³/mol. The molecule has 3 nitrogen and oxygen atoms in total. The lowest BCUT2D eigenvalue weighted by molar-refractivity contribution is -0.212. The van der Waals surface area contributed by atoms with Gasteiger partial charge in [-0.1, -0.05) is 26.7 Å². The Bertz CT molecular complexity index is 264. The van der Waals surface area contributed by atoms with Gasteiger partial charge < -0.3 is 4.74 Å². The third-order valence-corrected chi connectivity index (χ3v) is 3.64. The van der Waals surface area contributed by atoms with E-state index in [1.54, 1.807) is 0 Å². The number of esters is 2. The maximum atomic E-state index is 11.4. The fourth-order valence-electron chi connectivity index (χ4n) is 2.56. The van der Waals surface area contributed by atoms with Crippen LogP contribution in [0.2, 0.25) is 0 Å². The summed E-state index contributed by atoms with van der Waals surface area (Å²) in [5.74, 6) is -0.607. The second-order valence-electron chi connectivity index (χ2n) is 4.67.